The highest BCUT2D eigenvalue weighted by Crippen LogP contribution is 2.23. The summed E-state index contributed by atoms with van der Waals surface area (Å²) in [6, 6.07) is 12.2. The van der Waals surface area contributed by atoms with Gasteiger partial charge in [0.1, 0.15) is 11.3 Å². The lowest BCUT2D eigenvalue weighted by atomic mass is 10.1. The van der Waals surface area contributed by atoms with E-state index in [2.05, 4.69) is 10.3 Å². The summed E-state index contributed by atoms with van der Waals surface area (Å²) in [7, 11) is 1.53. The van der Waals surface area contributed by atoms with Crippen molar-refractivity contribution in [3.05, 3.63) is 76.3 Å². The lowest BCUT2D eigenvalue weighted by Crippen LogP contribution is -2.29. The van der Waals surface area contributed by atoms with E-state index in [1.807, 2.05) is 13.0 Å². The van der Waals surface area contributed by atoms with Crippen molar-refractivity contribution in [3.63, 3.8) is 0 Å². The number of nitrogens with one attached hydrogen (secondary N) is 1. The molecule has 1 N–H and O–H groups in total. The largest absolute Gasteiger partial charge is 0.495 e. The molecule has 0 aliphatic carbocycles. The van der Waals surface area contributed by atoms with Crippen LogP contribution in [0.15, 0.2) is 59.7 Å². The fourth-order valence-electron chi connectivity index (χ4n) is 2.85. The number of rotatable bonds is 6. The zero-order valence-corrected chi connectivity index (χ0v) is 15.9. The summed E-state index contributed by atoms with van der Waals surface area (Å²) in [5.41, 5.74) is 0.692. The van der Waals surface area contributed by atoms with Gasteiger partial charge in [-0.25, -0.2) is 4.98 Å². The highest BCUT2D eigenvalue weighted by molar-refractivity contribution is 6.05. The van der Waals surface area contributed by atoms with Crippen LogP contribution in [0.1, 0.15) is 22.8 Å². The second-order valence-corrected chi connectivity index (χ2v) is 5.96. The van der Waals surface area contributed by atoms with Gasteiger partial charge >= 0.3 is 0 Å². The van der Waals surface area contributed by atoms with E-state index in [0.717, 1.165) is 0 Å². The summed E-state index contributed by atoms with van der Waals surface area (Å²) in [6.45, 7) is 3.98. The molecular formula is C21H21N3O4. The molecule has 3 rings (SSSR count). The van der Waals surface area contributed by atoms with Gasteiger partial charge in [-0.2, -0.15) is 0 Å². The molecule has 1 amide bonds. The van der Waals surface area contributed by atoms with E-state index in [1.54, 1.807) is 55.7 Å². The van der Waals surface area contributed by atoms with Crippen LogP contribution in [-0.4, -0.2) is 29.2 Å². The van der Waals surface area contributed by atoms with Crippen molar-refractivity contribution in [3.8, 4) is 17.2 Å². The number of ether oxygens (including phenoxy) is 2. The second-order valence-electron chi connectivity index (χ2n) is 5.96. The molecule has 0 unspecified atom stereocenters. The van der Waals surface area contributed by atoms with Crippen molar-refractivity contribution < 1.29 is 14.3 Å². The molecule has 0 saturated carbocycles. The normalized spacial score (nSPS) is 10.4. The second kappa shape index (κ2) is 8.39. The van der Waals surface area contributed by atoms with Crippen molar-refractivity contribution in [1.82, 2.24) is 9.55 Å². The molecule has 0 spiro atoms. The molecule has 28 heavy (non-hydrogen) atoms. The summed E-state index contributed by atoms with van der Waals surface area (Å²) >= 11 is 0. The van der Waals surface area contributed by atoms with Gasteiger partial charge in [-0.15, -0.1) is 0 Å². The maximum Gasteiger partial charge on any atom is 0.268 e. The van der Waals surface area contributed by atoms with Gasteiger partial charge in [-0.1, -0.05) is 12.1 Å². The molecule has 0 aliphatic rings. The molecule has 7 heteroatoms. The van der Waals surface area contributed by atoms with Crippen LogP contribution in [0, 0.1) is 6.92 Å². The predicted octanol–water partition coefficient (Wildman–Crippen LogP) is 3.20. The first-order valence-corrected chi connectivity index (χ1v) is 8.81. The zero-order chi connectivity index (χ0) is 20.1. The van der Waals surface area contributed by atoms with E-state index in [1.165, 1.54) is 11.7 Å². The topological polar surface area (TPSA) is 82.4 Å². The number of methoxy groups -OCH3 is 1. The molecule has 0 atom stereocenters. The Morgan fingerprint density at radius 2 is 1.89 bits per heavy atom. The smallest absolute Gasteiger partial charge is 0.268 e. The Hall–Kier alpha value is -3.61. The molecule has 0 aliphatic heterocycles. The van der Waals surface area contributed by atoms with Gasteiger partial charge < -0.3 is 14.8 Å². The number of nitrogens with zero attached hydrogens (tertiary/aromatic N) is 2. The quantitative estimate of drug-likeness (QED) is 0.711. The number of hydrogen-bond acceptors (Lipinski definition) is 5. The molecule has 0 radical (unpaired) electrons. The maximum atomic E-state index is 13.1. The van der Waals surface area contributed by atoms with Gasteiger partial charge in [0.05, 0.1) is 19.4 Å². The lowest BCUT2D eigenvalue weighted by molar-refractivity contribution is 0.102. The zero-order valence-electron chi connectivity index (χ0n) is 15.9. The van der Waals surface area contributed by atoms with Crippen LogP contribution >= 0.6 is 0 Å². The number of amides is 1. The van der Waals surface area contributed by atoms with Crippen LogP contribution in [0.4, 0.5) is 5.82 Å². The molecule has 2 aromatic heterocycles. The average molecular weight is 379 g/mol. The van der Waals surface area contributed by atoms with Crippen molar-refractivity contribution in [1.29, 1.82) is 0 Å². The van der Waals surface area contributed by atoms with Gasteiger partial charge in [-0.05, 0) is 49.7 Å². The number of pyridine rings is 2. The number of aryl methyl sites for hydroxylation is 1. The third kappa shape index (κ3) is 3.73. The number of anilines is 1. The summed E-state index contributed by atoms with van der Waals surface area (Å²) in [5, 5.41) is 2.68. The van der Waals surface area contributed by atoms with Gasteiger partial charge in [0.25, 0.3) is 11.5 Å². The fraction of sp³-hybridized carbons (Fsp3) is 0.190. The maximum absolute atomic E-state index is 13.1. The molecular weight excluding hydrogens is 358 g/mol. The first-order chi connectivity index (χ1) is 13.6. The van der Waals surface area contributed by atoms with Gasteiger partial charge in [0.15, 0.2) is 11.6 Å². The van der Waals surface area contributed by atoms with Gasteiger partial charge in [0, 0.05) is 12.4 Å². The highest BCUT2D eigenvalue weighted by atomic mass is 16.5. The van der Waals surface area contributed by atoms with Crippen LogP contribution in [0.25, 0.3) is 5.69 Å². The number of benzene rings is 1. The van der Waals surface area contributed by atoms with Gasteiger partial charge in [0.2, 0.25) is 0 Å². The molecule has 1 aromatic carbocycles. The molecule has 3 aromatic rings. The molecule has 0 fully saturated rings. The number of carbonyl (C=O) groups is 1. The van der Waals surface area contributed by atoms with Crippen molar-refractivity contribution in [2.75, 3.05) is 19.0 Å². The van der Waals surface area contributed by atoms with Crippen molar-refractivity contribution in [2.24, 2.45) is 0 Å². The van der Waals surface area contributed by atoms with E-state index >= 15 is 0 Å². The average Bonchev–Trinajstić information content (AvgIpc) is 2.70. The molecule has 7 nitrogen and oxygen atoms in total. The van der Waals surface area contributed by atoms with Crippen LogP contribution in [0.2, 0.25) is 0 Å². The van der Waals surface area contributed by atoms with Crippen molar-refractivity contribution >= 4 is 11.7 Å². The SMILES string of the molecule is CCOc1cccnc1NC(=O)c1c(C)ccn(-c2ccccc2OC)c1=O. The first kappa shape index (κ1) is 19.2. The minimum absolute atomic E-state index is 0.0292. The van der Waals surface area contributed by atoms with E-state index in [4.69, 9.17) is 9.47 Å². The Bertz CT molecular complexity index is 1060. The summed E-state index contributed by atoms with van der Waals surface area (Å²) in [4.78, 5) is 30.1. The Kier molecular flexibility index (Phi) is 5.74. The number of hydrogen-bond donors (Lipinski definition) is 1. The third-order valence-electron chi connectivity index (χ3n) is 4.17. The van der Waals surface area contributed by atoms with Crippen LogP contribution < -0.4 is 20.3 Å². The van der Waals surface area contributed by atoms with Crippen LogP contribution in [0.3, 0.4) is 0 Å². The Balaban J connectivity index is 2.03. The standard InChI is InChI=1S/C21H21N3O4/c1-4-28-17-10-7-12-22-19(17)23-20(25)18-14(2)11-13-24(21(18)26)15-8-5-6-9-16(15)27-3/h5-13H,4H2,1-3H3,(H,22,23,25). The Morgan fingerprint density at radius 3 is 2.64 bits per heavy atom. The van der Waals surface area contributed by atoms with Crippen LogP contribution in [-0.2, 0) is 0 Å². The fourth-order valence-corrected chi connectivity index (χ4v) is 2.85. The van der Waals surface area contributed by atoms with Crippen molar-refractivity contribution in [2.45, 2.75) is 13.8 Å². The lowest BCUT2D eigenvalue weighted by Gasteiger charge is -2.14. The summed E-state index contributed by atoms with van der Waals surface area (Å²) < 4.78 is 12.2. The Morgan fingerprint density at radius 1 is 1.14 bits per heavy atom. The molecule has 2 heterocycles. The Labute approximate surface area is 162 Å². The number of aromatic nitrogens is 2. The minimum atomic E-state index is -0.550. The third-order valence-corrected chi connectivity index (χ3v) is 4.17. The summed E-state index contributed by atoms with van der Waals surface area (Å²) in [5.74, 6) is 0.687. The monoisotopic (exact) mass is 379 g/mol. The van der Waals surface area contributed by atoms with Crippen LogP contribution in [0.5, 0.6) is 11.5 Å². The van der Waals surface area contributed by atoms with Gasteiger partial charge in [-0.3, -0.25) is 14.2 Å². The summed E-state index contributed by atoms with van der Waals surface area (Å²) in [6.07, 6.45) is 3.17. The first-order valence-electron chi connectivity index (χ1n) is 8.81. The molecule has 0 saturated heterocycles. The van der Waals surface area contributed by atoms with E-state index in [-0.39, 0.29) is 11.4 Å². The highest BCUT2D eigenvalue weighted by Gasteiger charge is 2.19. The predicted molar refractivity (Wildman–Crippen MR) is 107 cm³/mol. The van der Waals surface area contributed by atoms with E-state index < -0.39 is 11.5 Å². The minimum Gasteiger partial charge on any atom is -0.495 e. The van der Waals surface area contributed by atoms with E-state index in [9.17, 15) is 9.59 Å². The number of para-hydroxylation sites is 2. The molecule has 144 valence electrons. The number of carbonyl (C=O) groups excluding carboxylic acids is 1. The molecule has 0 bridgehead atoms. The van der Waals surface area contributed by atoms with E-state index in [0.29, 0.717) is 29.4 Å².